The summed E-state index contributed by atoms with van der Waals surface area (Å²) in [6.45, 7) is 0.791. The van der Waals surface area contributed by atoms with E-state index in [4.69, 9.17) is 4.74 Å². The van der Waals surface area contributed by atoms with Gasteiger partial charge >= 0.3 is 5.82 Å². The van der Waals surface area contributed by atoms with E-state index in [-0.39, 0.29) is 11.6 Å². The van der Waals surface area contributed by atoms with E-state index in [1.165, 1.54) is 15.7 Å². The summed E-state index contributed by atoms with van der Waals surface area (Å²) in [5.74, 6) is 0.974. The SMILES string of the molecule is O=[N+]([O-])c1c(NCCOc2ccc3ccccc3c2)nc2sccn12. The molecule has 8 heteroatoms. The zero-order valence-electron chi connectivity index (χ0n) is 13.1. The number of thiazole rings is 1. The lowest BCUT2D eigenvalue weighted by Crippen LogP contribution is -2.12. The number of nitrogens with zero attached hydrogens (tertiary/aromatic N) is 3. The van der Waals surface area contributed by atoms with Crippen molar-refractivity contribution < 1.29 is 9.66 Å². The quantitative estimate of drug-likeness (QED) is 0.322. The summed E-state index contributed by atoms with van der Waals surface area (Å²) in [5, 5.41) is 18.3. The fourth-order valence-electron chi connectivity index (χ4n) is 2.66. The molecule has 0 aliphatic heterocycles. The van der Waals surface area contributed by atoms with Gasteiger partial charge in [-0.1, -0.05) is 41.7 Å². The molecule has 7 nitrogen and oxygen atoms in total. The molecule has 4 rings (SSSR count). The van der Waals surface area contributed by atoms with Gasteiger partial charge in [-0.15, -0.1) is 0 Å². The fourth-order valence-corrected chi connectivity index (χ4v) is 3.37. The Morgan fingerprint density at radius 2 is 2.08 bits per heavy atom. The van der Waals surface area contributed by atoms with Crippen LogP contribution in [0.1, 0.15) is 0 Å². The smallest absolute Gasteiger partial charge is 0.372 e. The van der Waals surface area contributed by atoms with Crippen molar-refractivity contribution in [3.63, 3.8) is 0 Å². The van der Waals surface area contributed by atoms with Crippen LogP contribution in [0.25, 0.3) is 15.7 Å². The van der Waals surface area contributed by atoms with Crippen molar-refractivity contribution in [2.45, 2.75) is 0 Å². The van der Waals surface area contributed by atoms with E-state index >= 15 is 0 Å². The van der Waals surface area contributed by atoms with Crippen LogP contribution in [0.2, 0.25) is 0 Å². The van der Waals surface area contributed by atoms with Gasteiger partial charge in [-0.3, -0.25) is 0 Å². The normalized spacial score (nSPS) is 11.0. The lowest BCUT2D eigenvalue weighted by molar-refractivity contribution is -0.389. The van der Waals surface area contributed by atoms with E-state index in [0.29, 0.717) is 18.1 Å². The predicted octanol–water partition coefficient (Wildman–Crippen LogP) is 3.95. The maximum absolute atomic E-state index is 11.3. The minimum Gasteiger partial charge on any atom is -0.492 e. The number of benzene rings is 2. The number of hydrogen-bond acceptors (Lipinski definition) is 6. The van der Waals surface area contributed by atoms with E-state index in [1.54, 1.807) is 11.6 Å². The molecule has 0 unspecified atom stereocenters. The van der Waals surface area contributed by atoms with Crippen LogP contribution in [-0.4, -0.2) is 27.5 Å². The predicted molar refractivity (Wildman–Crippen MR) is 97.7 cm³/mol. The summed E-state index contributed by atoms with van der Waals surface area (Å²) < 4.78 is 7.20. The Morgan fingerprint density at radius 3 is 2.92 bits per heavy atom. The van der Waals surface area contributed by atoms with Crippen molar-refractivity contribution >= 4 is 38.7 Å². The Kier molecular flexibility index (Phi) is 3.95. The number of fused-ring (bicyclic) bond motifs is 2. The second kappa shape index (κ2) is 6.40. The van der Waals surface area contributed by atoms with Crippen LogP contribution in [0, 0.1) is 10.1 Å². The van der Waals surface area contributed by atoms with Gasteiger partial charge < -0.3 is 20.2 Å². The number of nitro groups is 1. The molecule has 4 aromatic rings. The first-order valence-electron chi connectivity index (χ1n) is 7.68. The van der Waals surface area contributed by atoms with Gasteiger partial charge in [0.15, 0.2) is 0 Å². The van der Waals surface area contributed by atoms with Gasteiger partial charge in [0, 0.05) is 5.38 Å². The van der Waals surface area contributed by atoms with Crippen LogP contribution < -0.4 is 10.1 Å². The van der Waals surface area contributed by atoms with Crippen molar-refractivity contribution in [2.24, 2.45) is 0 Å². The molecule has 2 heterocycles. The number of ether oxygens (including phenoxy) is 1. The van der Waals surface area contributed by atoms with E-state index in [2.05, 4.69) is 10.3 Å². The fraction of sp³-hybridized carbons (Fsp3) is 0.118. The van der Waals surface area contributed by atoms with Crippen LogP contribution in [0.4, 0.5) is 11.6 Å². The van der Waals surface area contributed by atoms with Gasteiger partial charge in [0.25, 0.3) is 4.96 Å². The molecule has 0 saturated heterocycles. The Labute approximate surface area is 146 Å². The van der Waals surface area contributed by atoms with E-state index in [1.807, 2.05) is 42.5 Å². The summed E-state index contributed by atoms with van der Waals surface area (Å²) in [7, 11) is 0. The van der Waals surface area contributed by atoms with E-state index < -0.39 is 4.92 Å². The lowest BCUT2D eigenvalue weighted by atomic mass is 10.1. The van der Waals surface area contributed by atoms with Crippen LogP contribution in [-0.2, 0) is 0 Å². The highest BCUT2D eigenvalue weighted by atomic mass is 32.1. The van der Waals surface area contributed by atoms with Crippen LogP contribution >= 0.6 is 11.3 Å². The second-order valence-corrected chi connectivity index (χ2v) is 6.25. The summed E-state index contributed by atoms with van der Waals surface area (Å²) in [4.78, 5) is 15.7. The molecule has 25 heavy (non-hydrogen) atoms. The zero-order valence-corrected chi connectivity index (χ0v) is 13.9. The number of imidazole rings is 1. The maximum Gasteiger partial charge on any atom is 0.372 e. The minimum absolute atomic E-state index is 0.0537. The number of rotatable bonds is 6. The first kappa shape index (κ1) is 15.4. The van der Waals surface area contributed by atoms with Crippen LogP contribution in [0.15, 0.2) is 54.0 Å². The molecule has 0 atom stereocenters. The molecule has 0 aliphatic rings. The Morgan fingerprint density at radius 1 is 1.24 bits per heavy atom. The van der Waals surface area contributed by atoms with Crippen molar-refractivity contribution in [2.75, 3.05) is 18.5 Å². The number of aromatic nitrogens is 2. The Bertz CT molecular complexity index is 1060. The topological polar surface area (TPSA) is 81.7 Å². The Balaban J connectivity index is 1.41. The second-order valence-electron chi connectivity index (χ2n) is 5.38. The first-order valence-corrected chi connectivity index (χ1v) is 8.56. The summed E-state index contributed by atoms with van der Waals surface area (Å²) in [6.07, 6.45) is 1.64. The van der Waals surface area contributed by atoms with Crippen molar-refractivity contribution in [3.8, 4) is 5.75 Å². The average molecular weight is 354 g/mol. The largest absolute Gasteiger partial charge is 0.492 e. The van der Waals surface area contributed by atoms with Gasteiger partial charge in [0.2, 0.25) is 5.82 Å². The molecule has 0 spiro atoms. The number of anilines is 1. The zero-order chi connectivity index (χ0) is 17.2. The molecule has 0 amide bonds. The summed E-state index contributed by atoms with van der Waals surface area (Å²) in [6, 6.07) is 14.0. The van der Waals surface area contributed by atoms with Crippen molar-refractivity contribution in [1.29, 1.82) is 0 Å². The van der Waals surface area contributed by atoms with Gasteiger partial charge in [-0.05, 0) is 27.8 Å². The molecule has 0 saturated carbocycles. The summed E-state index contributed by atoms with van der Waals surface area (Å²) in [5.41, 5.74) is 0. The third-order valence-electron chi connectivity index (χ3n) is 3.79. The van der Waals surface area contributed by atoms with Gasteiger partial charge in [-0.25, -0.2) is 0 Å². The standard InChI is InChI=1S/C17H14N4O3S/c22-21(23)16-15(19-17-20(16)8-10-25-17)18-7-9-24-14-6-5-12-3-1-2-4-13(12)11-14/h1-6,8,10-11,18H,7,9H2. The Hall–Kier alpha value is -3.13. The third-order valence-corrected chi connectivity index (χ3v) is 4.55. The first-order chi connectivity index (χ1) is 12.2. The highest BCUT2D eigenvalue weighted by Gasteiger charge is 2.23. The van der Waals surface area contributed by atoms with Crippen molar-refractivity contribution in [3.05, 3.63) is 64.2 Å². The van der Waals surface area contributed by atoms with Crippen LogP contribution in [0.5, 0.6) is 5.75 Å². The van der Waals surface area contributed by atoms with Gasteiger partial charge in [0.05, 0.1) is 6.54 Å². The van der Waals surface area contributed by atoms with Gasteiger partial charge in [0.1, 0.15) is 18.6 Å². The summed E-state index contributed by atoms with van der Waals surface area (Å²) >= 11 is 1.35. The number of hydrogen-bond donors (Lipinski definition) is 1. The monoisotopic (exact) mass is 354 g/mol. The molecule has 0 bridgehead atoms. The number of nitrogens with one attached hydrogen (secondary N) is 1. The molecule has 0 radical (unpaired) electrons. The molecule has 1 N–H and O–H groups in total. The molecular weight excluding hydrogens is 340 g/mol. The molecular formula is C17H14N4O3S. The average Bonchev–Trinajstić information content (AvgIpc) is 3.19. The van der Waals surface area contributed by atoms with E-state index in [0.717, 1.165) is 16.5 Å². The highest BCUT2D eigenvalue weighted by molar-refractivity contribution is 7.15. The van der Waals surface area contributed by atoms with Gasteiger partial charge in [-0.2, -0.15) is 9.38 Å². The lowest BCUT2D eigenvalue weighted by Gasteiger charge is -2.08. The maximum atomic E-state index is 11.3. The molecule has 2 aromatic carbocycles. The molecule has 0 fully saturated rings. The minimum atomic E-state index is -0.431. The van der Waals surface area contributed by atoms with E-state index in [9.17, 15) is 10.1 Å². The molecule has 0 aliphatic carbocycles. The molecule has 2 aromatic heterocycles. The van der Waals surface area contributed by atoms with Crippen molar-refractivity contribution in [1.82, 2.24) is 9.38 Å². The molecule has 126 valence electrons. The third kappa shape index (κ3) is 2.99. The van der Waals surface area contributed by atoms with Crippen LogP contribution in [0.3, 0.4) is 0 Å². The highest BCUT2D eigenvalue weighted by Crippen LogP contribution is 2.27.